The van der Waals surface area contributed by atoms with Gasteiger partial charge < -0.3 is 5.32 Å². The Hall–Kier alpha value is -0.820. The van der Waals surface area contributed by atoms with Crippen LogP contribution < -0.4 is 5.32 Å². The lowest BCUT2D eigenvalue weighted by Crippen LogP contribution is -2.37. The number of benzene rings is 1. The molecule has 0 heterocycles. The van der Waals surface area contributed by atoms with E-state index in [1.165, 1.54) is 50.5 Å². The number of hydrogen-bond donors (Lipinski definition) is 1. The molecule has 21 heavy (non-hydrogen) atoms. The minimum atomic E-state index is 0.504. The fourth-order valence-corrected chi connectivity index (χ4v) is 3.72. The van der Waals surface area contributed by atoms with Crippen LogP contribution in [0.15, 0.2) is 30.3 Å². The van der Waals surface area contributed by atoms with Crippen LogP contribution in [-0.4, -0.2) is 6.04 Å². The van der Waals surface area contributed by atoms with E-state index in [0.29, 0.717) is 12.1 Å². The average molecular weight is 287 g/mol. The molecule has 2 rings (SSSR count). The fourth-order valence-electron chi connectivity index (χ4n) is 3.72. The highest BCUT2D eigenvalue weighted by molar-refractivity contribution is 5.19. The maximum Gasteiger partial charge on any atom is 0.0325 e. The van der Waals surface area contributed by atoms with Gasteiger partial charge in [0.25, 0.3) is 0 Å². The molecule has 1 unspecified atom stereocenters. The van der Waals surface area contributed by atoms with Crippen LogP contribution in [0.4, 0.5) is 0 Å². The third kappa shape index (κ3) is 5.47. The van der Waals surface area contributed by atoms with Gasteiger partial charge >= 0.3 is 0 Å². The van der Waals surface area contributed by atoms with Gasteiger partial charge in [-0.2, -0.15) is 0 Å². The van der Waals surface area contributed by atoms with Gasteiger partial charge in [0.05, 0.1) is 0 Å². The summed E-state index contributed by atoms with van der Waals surface area (Å²) in [4.78, 5) is 0. The molecule has 1 saturated carbocycles. The largest absolute Gasteiger partial charge is 0.307 e. The Labute approximate surface area is 131 Å². The van der Waals surface area contributed by atoms with Crippen LogP contribution in [0, 0.1) is 11.8 Å². The van der Waals surface area contributed by atoms with Crippen LogP contribution in [0.1, 0.15) is 77.3 Å². The molecular formula is C20H33N. The molecule has 118 valence electrons. The Bertz CT molecular complexity index is 376. The van der Waals surface area contributed by atoms with Crippen molar-refractivity contribution in [3.05, 3.63) is 35.9 Å². The molecule has 1 aliphatic carbocycles. The number of hydrogen-bond acceptors (Lipinski definition) is 1. The first-order chi connectivity index (χ1) is 10.2. The SMILES string of the molecule is CC(C)CC(N[C@@H](C)C1CCCCCC1)c1ccccc1. The van der Waals surface area contributed by atoms with Crippen molar-refractivity contribution in [3.8, 4) is 0 Å². The van der Waals surface area contributed by atoms with E-state index in [-0.39, 0.29) is 0 Å². The van der Waals surface area contributed by atoms with Gasteiger partial charge in [-0.1, -0.05) is 69.9 Å². The Kier molecular flexibility index (Phi) is 6.76. The van der Waals surface area contributed by atoms with E-state index in [4.69, 9.17) is 0 Å². The lowest BCUT2D eigenvalue weighted by atomic mass is 9.90. The van der Waals surface area contributed by atoms with Gasteiger partial charge in [0.2, 0.25) is 0 Å². The Morgan fingerprint density at radius 1 is 0.952 bits per heavy atom. The second-order valence-electron chi connectivity index (χ2n) is 7.30. The summed E-state index contributed by atoms with van der Waals surface area (Å²) in [5.41, 5.74) is 1.45. The number of rotatable bonds is 6. The maximum atomic E-state index is 3.96. The van der Waals surface area contributed by atoms with Crippen LogP contribution in [-0.2, 0) is 0 Å². The molecule has 0 spiro atoms. The van der Waals surface area contributed by atoms with Gasteiger partial charge in [-0.25, -0.2) is 0 Å². The highest BCUT2D eigenvalue weighted by Crippen LogP contribution is 2.28. The smallest absolute Gasteiger partial charge is 0.0325 e. The van der Waals surface area contributed by atoms with E-state index in [1.807, 2.05) is 0 Å². The molecule has 1 N–H and O–H groups in total. The van der Waals surface area contributed by atoms with Crippen LogP contribution in [0.3, 0.4) is 0 Å². The zero-order valence-corrected chi connectivity index (χ0v) is 14.1. The molecular weight excluding hydrogens is 254 g/mol. The third-order valence-corrected chi connectivity index (χ3v) is 4.98. The zero-order valence-electron chi connectivity index (χ0n) is 14.1. The fraction of sp³-hybridized carbons (Fsp3) is 0.700. The topological polar surface area (TPSA) is 12.0 Å². The van der Waals surface area contributed by atoms with Crippen LogP contribution in [0.2, 0.25) is 0 Å². The van der Waals surface area contributed by atoms with E-state index in [0.717, 1.165) is 11.8 Å². The highest BCUT2D eigenvalue weighted by atomic mass is 15.0. The van der Waals surface area contributed by atoms with Gasteiger partial charge in [-0.3, -0.25) is 0 Å². The highest BCUT2D eigenvalue weighted by Gasteiger charge is 2.22. The van der Waals surface area contributed by atoms with Crippen LogP contribution in [0.5, 0.6) is 0 Å². The van der Waals surface area contributed by atoms with Crippen molar-refractivity contribution < 1.29 is 0 Å². The molecule has 1 aromatic carbocycles. The minimum absolute atomic E-state index is 0.504. The van der Waals surface area contributed by atoms with Crippen LogP contribution >= 0.6 is 0 Å². The van der Waals surface area contributed by atoms with E-state index >= 15 is 0 Å². The molecule has 2 atom stereocenters. The average Bonchev–Trinajstić information content (AvgIpc) is 2.76. The molecule has 1 aromatic rings. The van der Waals surface area contributed by atoms with E-state index in [9.17, 15) is 0 Å². The molecule has 1 aliphatic rings. The molecule has 0 saturated heterocycles. The predicted octanol–water partition coefficient (Wildman–Crippen LogP) is 5.72. The van der Waals surface area contributed by atoms with Gasteiger partial charge in [-0.15, -0.1) is 0 Å². The summed E-state index contributed by atoms with van der Waals surface area (Å²) in [7, 11) is 0. The van der Waals surface area contributed by atoms with Crippen molar-refractivity contribution in [1.82, 2.24) is 5.32 Å². The van der Waals surface area contributed by atoms with Gasteiger partial charge in [0.1, 0.15) is 0 Å². The molecule has 0 radical (unpaired) electrons. The van der Waals surface area contributed by atoms with Gasteiger partial charge in [-0.05, 0) is 43.6 Å². The Morgan fingerprint density at radius 2 is 1.57 bits per heavy atom. The minimum Gasteiger partial charge on any atom is -0.307 e. The van der Waals surface area contributed by atoms with Crippen molar-refractivity contribution >= 4 is 0 Å². The second kappa shape index (κ2) is 8.58. The summed E-state index contributed by atoms with van der Waals surface area (Å²) in [6.45, 7) is 7.06. The molecule has 0 aromatic heterocycles. The van der Waals surface area contributed by atoms with Crippen molar-refractivity contribution in [2.75, 3.05) is 0 Å². The summed E-state index contributed by atoms with van der Waals surface area (Å²) in [5, 5.41) is 3.96. The third-order valence-electron chi connectivity index (χ3n) is 4.98. The molecule has 0 amide bonds. The first-order valence-corrected chi connectivity index (χ1v) is 8.98. The van der Waals surface area contributed by atoms with E-state index < -0.39 is 0 Å². The van der Waals surface area contributed by atoms with Crippen molar-refractivity contribution in [1.29, 1.82) is 0 Å². The molecule has 0 bridgehead atoms. The normalized spacial score (nSPS) is 20.2. The van der Waals surface area contributed by atoms with Crippen molar-refractivity contribution in [2.24, 2.45) is 11.8 Å². The summed E-state index contributed by atoms with van der Waals surface area (Å²) >= 11 is 0. The molecule has 1 heteroatoms. The van der Waals surface area contributed by atoms with E-state index in [2.05, 4.69) is 56.4 Å². The predicted molar refractivity (Wildman–Crippen MR) is 92.4 cm³/mol. The standard InChI is InChI=1S/C20H33N/c1-16(2)15-20(19-13-9-6-10-14-19)21-17(3)18-11-7-4-5-8-12-18/h6,9-10,13-14,16-18,20-21H,4-5,7-8,11-12,15H2,1-3H3/t17-,20?/m0/s1. The lowest BCUT2D eigenvalue weighted by molar-refractivity contribution is 0.292. The van der Waals surface area contributed by atoms with Crippen molar-refractivity contribution in [3.63, 3.8) is 0 Å². The second-order valence-corrected chi connectivity index (χ2v) is 7.30. The van der Waals surface area contributed by atoms with E-state index in [1.54, 1.807) is 0 Å². The monoisotopic (exact) mass is 287 g/mol. The molecule has 1 nitrogen and oxygen atoms in total. The lowest BCUT2D eigenvalue weighted by Gasteiger charge is -2.30. The quantitative estimate of drug-likeness (QED) is 0.660. The summed E-state index contributed by atoms with van der Waals surface area (Å²) in [6, 6.07) is 12.1. The zero-order chi connectivity index (χ0) is 15.1. The number of nitrogens with one attached hydrogen (secondary N) is 1. The summed E-state index contributed by atoms with van der Waals surface area (Å²) < 4.78 is 0. The Morgan fingerprint density at radius 3 is 2.14 bits per heavy atom. The van der Waals surface area contributed by atoms with Crippen molar-refractivity contribution in [2.45, 2.75) is 77.8 Å². The first kappa shape index (κ1) is 16.5. The van der Waals surface area contributed by atoms with Gasteiger partial charge in [0.15, 0.2) is 0 Å². The molecule has 1 fully saturated rings. The first-order valence-electron chi connectivity index (χ1n) is 8.98. The van der Waals surface area contributed by atoms with Crippen LogP contribution in [0.25, 0.3) is 0 Å². The maximum absolute atomic E-state index is 3.96. The summed E-state index contributed by atoms with van der Waals surface area (Å²) in [5.74, 6) is 1.59. The Balaban J connectivity index is 2.00. The van der Waals surface area contributed by atoms with Gasteiger partial charge in [0, 0.05) is 12.1 Å². The summed E-state index contributed by atoms with van der Waals surface area (Å²) in [6.07, 6.45) is 9.79. The molecule has 0 aliphatic heterocycles.